The predicted molar refractivity (Wildman–Crippen MR) is 43.4 cm³/mol. The predicted octanol–water partition coefficient (Wildman–Crippen LogP) is 0.580. The first-order valence-electron chi connectivity index (χ1n) is 2.69. The zero-order chi connectivity index (χ0) is 8.91. The van der Waals surface area contributed by atoms with Crippen molar-refractivity contribution in [3.8, 4) is 0 Å². The Hall–Kier alpha value is -0.160. The van der Waals surface area contributed by atoms with Crippen LogP contribution in [0, 0.1) is 0 Å². The highest BCUT2D eigenvalue weighted by Crippen LogP contribution is 2.46. The summed E-state index contributed by atoms with van der Waals surface area (Å²) in [6, 6.07) is 0. The smallest absolute Gasteiger partial charge is 0.372 e. The Morgan fingerprint density at radius 1 is 1.45 bits per heavy atom. The lowest BCUT2D eigenvalue weighted by Crippen LogP contribution is -2.03. The molecule has 5 nitrogen and oxygen atoms in total. The Morgan fingerprint density at radius 3 is 2.18 bits per heavy atom. The van der Waals surface area contributed by atoms with Gasteiger partial charge in [-0.05, 0) is 0 Å². The molecule has 11 heavy (non-hydrogen) atoms. The Morgan fingerprint density at radius 2 is 1.91 bits per heavy atom. The van der Waals surface area contributed by atoms with Crippen LogP contribution in [0.1, 0.15) is 0 Å². The van der Waals surface area contributed by atoms with Gasteiger partial charge < -0.3 is 13.6 Å². The summed E-state index contributed by atoms with van der Waals surface area (Å²) in [5, 5.41) is 8.62. The first-order chi connectivity index (χ1) is 5.04. The molecule has 0 aromatic heterocycles. The molecule has 0 amide bonds. The van der Waals surface area contributed by atoms with Crippen LogP contribution in [0.15, 0.2) is 0 Å². The zero-order valence-electron chi connectivity index (χ0n) is 6.55. The van der Waals surface area contributed by atoms with Crippen molar-refractivity contribution in [2.45, 2.75) is 0 Å². The molecule has 1 N–H and O–H groups in total. The second-order valence-corrected chi connectivity index (χ2v) is 4.77. The van der Waals surface area contributed by atoms with Crippen LogP contribution in [0.25, 0.3) is 0 Å². The van der Waals surface area contributed by atoms with Crippen molar-refractivity contribution in [1.29, 1.82) is 0 Å². The van der Waals surface area contributed by atoms with Gasteiger partial charge in [-0.3, -0.25) is 5.21 Å². The molecule has 0 fully saturated rings. The average Bonchev–Trinajstić information content (AvgIpc) is 2.00. The molecule has 0 spiro atoms. The van der Waals surface area contributed by atoms with Crippen LogP contribution < -0.4 is 0 Å². The summed E-state index contributed by atoms with van der Waals surface area (Å²) < 4.78 is 15.0. The van der Waals surface area contributed by atoms with Crippen molar-refractivity contribution in [1.82, 2.24) is 0 Å². The Kier molecular flexibility index (Phi) is 4.60. The molecule has 0 unspecified atom stereocenters. The number of hydrogen-bond acceptors (Lipinski definition) is 5. The topological polar surface area (TPSA) is 50.9 Å². The minimum Gasteiger partial charge on any atom is -0.372 e. The molecule has 66 valence electrons. The third kappa shape index (κ3) is 4.31. The van der Waals surface area contributed by atoms with Crippen molar-refractivity contribution in [2.24, 2.45) is 0 Å². The van der Waals surface area contributed by atoms with E-state index in [-0.39, 0.29) is 0 Å². The maximum Gasteiger partial charge on any atom is 0.383 e. The molecule has 0 aliphatic rings. The van der Waals surface area contributed by atoms with E-state index in [0.29, 0.717) is 0 Å². The van der Waals surface area contributed by atoms with Gasteiger partial charge in [0.15, 0.2) is 7.05 Å². The van der Waals surface area contributed by atoms with Crippen molar-refractivity contribution in [3.05, 3.63) is 0 Å². The van der Waals surface area contributed by atoms with Crippen LogP contribution in [0.2, 0.25) is 0 Å². The maximum absolute atomic E-state index is 8.62. The van der Waals surface area contributed by atoms with Gasteiger partial charge in [-0.2, -0.15) is 0 Å². The summed E-state index contributed by atoms with van der Waals surface area (Å²) in [6.45, 7) is -2.66. The van der Waals surface area contributed by atoms with Crippen LogP contribution in [-0.4, -0.2) is 37.6 Å². The molecule has 0 saturated carbocycles. The molecule has 0 atom stereocenters. The van der Waals surface area contributed by atoms with E-state index in [1.807, 2.05) is 0 Å². The van der Waals surface area contributed by atoms with Gasteiger partial charge in [0.1, 0.15) is 0 Å². The third-order valence-corrected chi connectivity index (χ3v) is 3.18. The van der Waals surface area contributed by atoms with Crippen molar-refractivity contribution >= 4 is 24.9 Å². The van der Waals surface area contributed by atoms with E-state index in [9.17, 15) is 0 Å². The molecule has 0 heterocycles. The van der Waals surface area contributed by atoms with Gasteiger partial charge in [0, 0.05) is 30.8 Å². The SMILES string of the molecule is COP(=S)(OC)OC=[N+](C)O. The molecule has 0 radical (unpaired) electrons. The molecule has 0 aromatic rings. The third-order valence-electron chi connectivity index (χ3n) is 0.776. The molecule has 7 heteroatoms. The maximum atomic E-state index is 8.62. The van der Waals surface area contributed by atoms with E-state index >= 15 is 0 Å². The van der Waals surface area contributed by atoms with E-state index in [0.717, 1.165) is 11.1 Å². The van der Waals surface area contributed by atoms with Crippen LogP contribution in [0.3, 0.4) is 0 Å². The Balaban J connectivity index is 4.10. The van der Waals surface area contributed by atoms with Gasteiger partial charge in [-0.15, -0.1) is 0 Å². The van der Waals surface area contributed by atoms with Gasteiger partial charge in [0.2, 0.25) is 0 Å². The highest BCUT2D eigenvalue weighted by Gasteiger charge is 2.17. The number of hydrogen-bond donors (Lipinski definition) is 1. The summed E-state index contributed by atoms with van der Waals surface area (Å²) in [7, 11) is 4.15. The summed E-state index contributed by atoms with van der Waals surface area (Å²) >= 11 is 4.80. The normalized spacial score (nSPS) is 13.2. The fourth-order valence-electron chi connectivity index (χ4n) is 0.287. The lowest BCUT2D eigenvalue weighted by atomic mass is 11.3. The van der Waals surface area contributed by atoms with Gasteiger partial charge in [-0.25, -0.2) is 0 Å². The quantitative estimate of drug-likeness (QED) is 0.180. The number of hydroxylamine groups is 1. The Bertz CT molecular complexity index is 183. The summed E-state index contributed by atoms with van der Waals surface area (Å²) in [6.07, 6.45) is 1.02. The van der Waals surface area contributed by atoms with E-state index < -0.39 is 6.72 Å². The minimum atomic E-state index is -2.66. The van der Waals surface area contributed by atoms with Crippen LogP contribution in [0.5, 0.6) is 0 Å². The fourth-order valence-corrected chi connectivity index (χ4v) is 0.975. The van der Waals surface area contributed by atoms with Gasteiger partial charge in [-0.1, -0.05) is 0 Å². The molecule has 0 aliphatic carbocycles. The van der Waals surface area contributed by atoms with Crippen molar-refractivity contribution in [3.63, 3.8) is 0 Å². The number of nitrogens with zero attached hydrogens (tertiary/aromatic N) is 1. The fraction of sp³-hybridized carbons (Fsp3) is 0.750. The zero-order valence-corrected chi connectivity index (χ0v) is 8.26. The molecule has 0 aromatic carbocycles. The highest BCUT2D eigenvalue weighted by atomic mass is 32.5. The van der Waals surface area contributed by atoms with Crippen LogP contribution in [-0.2, 0) is 25.4 Å². The van der Waals surface area contributed by atoms with Crippen LogP contribution in [0.4, 0.5) is 0 Å². The first kappa shape index (κ1) is 10.8. The second-order valence-electron chi connectivity index (χ2n) is 1.60. The van der Waals surface area contributed by atoms with Crippen molar-refractivity contribution in [2.75, 3.05) is 21.3 Å². The minimum absolute atomic E-state index is 0.721. The van der Waals surface area contributed by atoms with E-state index in [1.165, 1.54) is 21.3 Å². The summed E-state index contributed by atoms with van der Waals surface area (Å²) in [4.78, 5) is 0. The van der Waals surface area contributed by atoms with Crippen molar-refractivity contribution < 1.29 is 23.5 Å². The van der Waals surface area contributed by atoms with Gasteiger partial charge in [0.05, 0.1) is 0 Å². The van der Waals surface area contributed by atoms with Gasteiger partial charge >= 0.3 is 13.1 Å². The molecular weight excluding hydrogens is 189 g/mol. The average molecular weight is 200 g/mol. The molecular formula is C4H11NO4PS+. The largest absolute Gasteiger partial charge is 0.383 e. The van der Waals surface area contributed by atoms with Gasteiger partial charge in [0.25, 0.3) is 0 Å². The molecule has 0 aliphatic heterocycles. The van der Waals surface area contributed by atoms with E-state index in [2.05, 4.69) is 0 Å². The van der Waals surface area contributed by atoms with E-state index in [1.54, 1.807) is 0 Å². The highest BCUT2D eigenvalue weighted by molar-refractivity contribution is 8.07. The van der Waals surface area contributed by atoms with Crippen LogP contribution >= 0.6 is 6.72 Å². The summed E-state index contributed by atoms with van der Waals surface area (Å²) in [5.41, 5.74) is 0. The molecule has 0 rings (SSSR count). The Labute approximate surface area is 70.4 Å². The second kappa shape index (κ2) is 4.66. The molecule has 0 saturated heterocycles. The molecule has 0 bridgehead atoms. The lowest BCUT2D eigenvalue weighted by Gasteiger charge is -2.12. The number of rotatable bonds is 4. The lowest BCUT2D eigenvalue weighted by molar-refractivity contribution is -0.754. The standard InChI is InChI=1S/C4H11NO4PS/c1-5(6)4-9-10(11,7-2)8-3/h4,6H,1-3H3/q+1. The van der Waals surface area contributed by atoms with E-state index in [4.69, 9.17) is 30.6 Å². The monoisotopic (exact) mass is 200 g/mol. The first-order valence-corrected chi connectivity index (χ1v) is 5.24. The summed E-state index contributed by atoms with van der Waals surface area (Å²) in [5.74, 6) is 0.